The van der Waals surface area contributed by atoms with E-state index in [0.29, 0.717) is 27.8 Å². The summed E-state index contributed by atoms with van der Waals surface area (Å²) >= 11 is 0. The summed E-state index contributed by atoms with van der Waals surface area (Å²) in [6.07, 6.45) is 5.36. The first-order chi connectivity index (χ1) is 12.0. The van der Waals surface area contributed by atoms with E-state index in [2.05, 4.69) is 6.07 Å². The number of nitrogens with zero attached hydrogens (tertiary/aromatic N) is 1. The maximum Gasteiger partial charge on any atom is 0.200 e. The molecule has 0 N–H and O–H groups in total. The number of hydrogen-bond donors (Lipinski definition) is 0. The van der Waals surface area contributed by atoms with Crippen molar-refractivity contribution < 1.29 is 9.15 Å². The van der Waals surface area contributed by atoms with Crippen LogP contribution < -0.4 is 10.2 Å². The Morgan fingerprint density at radius 3 is 2.56 bits per heavy atom. The van der Waals surface area contributed by atoms with Gasteiger partial charge in [-0.05, 0) is 55.8 Å². The van der Waals surface area contributed by atoms with Gasteiger partial charge in [-0.15, -0.1) is 0 Å². The van der Waals surface area contributed by atoms with E-state index in [-0.39, 0.29) is 11.0 Å². The Balaban J connectivity index is 1.90. The Hall–Kier alpha value is -3.32. The first-order valence-corrected chi connectivity index (χ1v) is 7.96. The van der Waals surface area contributed by atoms with Crippen molar-refractivity contribution in [2.45, 2.75) is 19.4 Å². The monoisotopic (exact) mass is 329 g/mol. The SMILES string of the molecule is CC1(C)C=Cc2c(ccc3c(=O)c(-c4ccc(C#N)cc4)coc23)O1. The highest BCUT2D eigenvalue weighted by Gasteiger charge is 2.24. The highest BCUT2D eigenvalue weighted by atomic mass is 16.5. The lowest BCUT2D eigenvalue weighted by atomic mass is 9.99. The molecule has 122 valence electrons. The Bertz CT molecular complexity index is 1110. The third-order valence-electron chi connectivity index (χ3n) is 4.29. The lowest BCUT2D eigenvalue weighted by molar-refractivity contribution is 0.159. The molecule has 1 aromatic heterocycles. The highest BCUT2D eigenvalue weighted by molar-refractivity contribution is 5.91. The number of rotatable bonds is 1. The third kappa shape index (κ3) is 2.50. The second-order valence-corrected chi connectivity index (χ2v) is 6.56. The molecule has 3 aromatic rings. The summed E-state index contributed by atoms with van der Waals surface area (Å²) in [6, 6.07) is 12.5. The van der Waals surface area contributed by atoms with E-state index in [1.807, 2.05) is 32.1 Å². The maximum atomic E-state index is 12.9. The van der Waals surface area contributed by atoms with Gasteiger partial charge in [-0.1, -0.05) is 12.1 Å². The van der Waals surface area contributed by atoms with Crippen molar-refractivity contribution in [2.75, 3.05) is 0 Å². The van der Waals surface area contributed by atoms with Gasteiger partial charge in [-0.25, -0.2) is 0 Å². The second kappa shape index (κ2) is 5.35. The lowest BCUT2D eigenvalue weighted by Crippen LogP contribution is -2.27. The molecule has 0 fully saturated rings. The van der Waals surface area contributed by atoms with Gasteiger partial charge in [-0.3, -0.25) is 4.79 Å². The quantitative estimate of drug-likeness (QED) is 0.658. The van der Waals surface area contributed by atoms with Crippen molar-refractivity contribution in [2.24, 2.45) is 0 Å². The van der Waals surface area contributed by atoms with Crippen molar-refractivity contribution in [3.63, 3.8) is 0 Å². The van der Waals surface area contributed by atoms with E-state index in [0.717, 1.165) is 11.1 Å². The zero-order chi connectivity index (χ0) is 17.6. The third-order valence-corrected chi connectivity index (χ3v) is 4.29. The maximum absolute atomic E-state index is 12.9. The first kappa shape index (κ1) is 15.2. The summed E-state index contributed by atoms with van der Waals surface area (Å²) in [5.41, 5.74) is 2.55. The fraction of sp³-hybridized carbons (Fsp3) is 0.143. The highest BCUT2D eigenvalue weighted by Crippen LogP contribution is 2.35. The average molecular weight is 329 g/mol. The molecule has 0 bridgehead atoms. The molecule has 4 heteroatoms. The molecule has 0 aliphatic carbocycles. The van der Waals surface area contributed by atoms with Crippen LogP contribution in [-0.4, -0.2) is 5.60 Å². The topological polar surface area (TPSA) is 63.2 Å². The van der Waals surface area contributed by atoms with Gasteiger partial charge >= 0.3 is 0 Å². The molecular formula is C21H15NO3. The van der Waals surface area contributed by atoms with E-state index < -0.39 is 0 Å². The van der Waals surface area contributed by atoms with Gasteiger partial charge in [0.2, 0.25) is 5.43 Å². The van der Waals surface area contributed by atoms with Crippen LogP contribution in [0, 0.1) is 11.3 Å². The fourth-order valence-electron chi connectivity index (χ4n) is 2.98. The Morgan fingerprint density at radius 1 is 1.08 bits per heavy atom. The molecule has 2 heterocycles. The molecule has 25 heavy (non-hydrogen) atoms. The van der Waals surface area contributed by atoms with Gasteiger partial charge in [0, 0.05) is 0 Å². The second-order valence-electron chi connectivity index (χ2n) is 6.56. The van der Waals surface area contributed by atoms with Crippen LogP contribution in [0.4, 0.5) is 0 Å². The summed E-state index contributed by atoms with van der Waals surface area (Å²) in [4.78, 5) is 12.9. The molecule has 0 radical (unpaired) electrons. The molecule has 0 unspecified atom stereocenters. The molecule has 0 amide bonds. The Kier molecular flexibility index (Phi) is 3.26. The van der Waals surface area contributed by atoms with E-state index in [1.165, 1.54) is 6.26 Å². The van der Waals surface area contributed by atoms with Crippen LogP contribution >= 0.6 is 0 Å². The molecule has 0 saturated heterocycles. The van der Waals surface area contributed by atoms with Crippen LogP contribution in [0.1, 0.15) is 25.0 Å². The van der Waals surface area contributed by atoms with Gasteiger partial charge in [0.25, 0.3) is 0 Å². The summed E-state index contributed by atoms with van der Waals surface area (Å²) < 4.78 is 11.7. The summed E-state index contributed by atoms with van der Waals surface area (Å²) in [6.45, 7) is 3.95. The van der Waals surface area contributed by atoms with Crippen LogP contribution in [0.15, 0.2) is 57.9 Å². The van der Waals surface area contributed by atoms with Crippen LogP contribution in [0.25, 0.3) is 28.2 Å². The van der Waals surface area contributed by atoms with Crippen molar-refractivity contribution >= 4 is 17.0 Å². The van der Waals surface area contributed by atoms with Gasteiger partial charge in [0.15, 0.2) is 0 Å². The van der Waals surface area contributed by atoms with Crippen LogP contribution in [0.3, 0.4) is 0 Å². The minimum absolute atomic E-state index is 0.105. The predicted octanol–water partition coefficient (Wildman–Crippen LogP) is 4.52. The number of benzene rings is 2. The van der Waals surface area contributed by atoms with Gasteiger partial charge in [0.1, 0.15) is 23.2 Å². The lowest BCUT2D eigenvalue weighted by Gasteiger charge is -2.27. The molecule has 4 rings (SSSR count). The normalized spacial score (nSPS) is 14.6. The molecule has 1 aliphatic rings. The summed E-state index contributed by atoms with van der Waals surface area (Å²) in [5, 5.41) is 9.40. The number of ether oxygens (including phenoxy) is 1. The summed E-state index contributed by atoms with van der Waals surface area (Å²) in [5.74, 6) is 0.703. The number of hydrogen-bond acceptors (Lipinski definition) is 4. The molecule has 0 saturated carbocycles. The van der Waals surface area contributed by atoms with Gasteiger partial charge in [0.05, 0.1) is 28.1 Å². The van der Waals surface area contributed by atoms with E-state index >= 15 is 0 Å². The molecular weight excluding hydrogens is 314 g/mol. The molecule has 0 atom stereocenters. The van der Waals surface area contributed by atoms with E-state index in [9.17, 15) is 4.79 Å². The zero-order valence-electron chi connectivity index (χ0n) is 13.9. The number of nitriles is 1. The Labute approximate surface area is 144 Å². The predicted molar refractivity (Wildman–Crippen MR) is 96.4 cm³/mol. The average Bonchev–Trinajstić information content (AvgIpc) is 2.61. The van der Waals surface area contributed by atoms with Crippen molar-refractivity contribution in [1.82, 2.24) is 0 Å². The number of fused-ring (bicyclic) bond motifs is 3. The van der Waals surface area contributed by atoms with Gasteiger partial charge in [-0.2, -0.15) is 5.26 Å². The van der Waals surface area contributed by atoms with Crippen molar-refractivity contribution in [3.8, 4) is 22.9 Å². The smallest absolute Gasteiger partial charge is 0.200 e. The zero-order valence-corrected chi connectivity index (χ0v) is 13.9. The van der Waals surface area contributed by atoms with E-state index in [4.69, 9.17) is 14.4 Å². The van der Waals surface area contributed by atoms with Crippen LogP contribution in [0.5, 0.6) is 5.75 Å². The van der Waals surface area contributed by atoms with Crippen LogP contribution in [-0.2, 0) is 0 Å². The van der Waals surface area contributed by atoms with Crippen molar-refractivity contribution in [1.29, 1.82) is 5.26 Å². The Morgan fingerprint density at radius 2 is 1.84 bits per heavy atom. The molecule has 1 aliphatic heterocycles. The largest absolute Gasteiger partial charge is 0.483 e. The first-order valence-electron chi connectivity index (χ1n) is 7.96. The molecule has 2 aromatic carbocycles. The standard InChI is InChI=1S/C21H15NO3/c1-21(2)10-9-15-18(25-21)8-7-16-19(23)17(12-24-20(15)16)14-5-3-13(11-22)4-6-14/h3-10,12H,1-2H3. The minimum atomic E-state index is -0.386. The van der Waals surface area contributed by atoms with E-state index in [1.54, 1.807) is 30.3 Å². The fourth-order valence-corrected chi connectivity index (χ4v) is 2.98. The van der Waals surface area contributed by atoms with Gasteiger partial charge < -0.3 is 9.15 Å². The summed E-state index contributed by atoms with van der Waals surface area (Å²) in [7, 11) is 0. The molecule has 4 nitrogen and oxygen atoms in total. The van der Waals surface area contributed by atoms with Crippen molar-refractivity contribution in [3.05, 3.63) is 70.1 Å². The minimum Gasteiger partial charge on any atom is -0.483 e. The molecule has 0 spiro atoms. The van der Waals surface area contributed by atoms with Crippen LogP contribution in [0.2, 0.25) is 0 Å².